The number of hydrogen-bond donors (Lipinski definition) is 1. The van der Waals surface area contributed by atoms with Crippen LogP contribution in [0.3, 0.4) is 0 Å². The number of amides is 1. The number of nitrogens with zero attached hydrogens (tertiary/aromatic N) is 1. The maximum atomic E-state index is 12.2. The number of anilines is 1. The van der Waals surface area contributed by atoms with Crippen molar-refractivity contribution < 1.29 is 19.2 Å². The van der Waals surface area contributed by atoms with Crippen molar-refractivity contribution in [2.24, 2.45) is 0 Å². The van der Waals surface area contributed by atoms with Gasteiger partial charge in [-0.05, 0) is 48.9 Å². The van der Waals surface area contributed by atoms with Gasteiger partial charge in [-0.25, -0.2) is 0 Å². The van der Waals surface area contributed by atoms with Crippen molar-refractivity contribution in [1.82, 2.24) is 0 Å². The van der Waals surface area contributed by atoms with Crippen LogP contribution in [0.4, 0.5) is 11.4 Å². The summed E-state index contributed by atoms with van der Waals surface area (Å²) in [5.41, 5.74) is 3.16. The Morgan fingerprint density at radius 1 is 1.23 bits per heavy atom. The normalized spacial score (nSPS) is 12.8. The van der Waals surface area contributed by atoms with E-state index in [4.69, 9.17) is 9.47 Å². The molecule has 7 nitrogen and oxygen atoms in total. The number of rotatable bonds is 6. The Hall–Kier alpha value is -3.09. The molecule has 0 bridgehead atoms. The van der Waals surface area contributed by atoms with Crippen LogP contribution >= 0.6 is 0 Å². The van der Waals surface area contributed by atoms with Gasteiger partial charge in [0, 0.05) is 17.8 Å². The number of methoxy groups -OCH3 is 1. The zero-order valence-electron chi connectivity index (χ0n) is 14.5. The first-order valence-electron chi connectivity index (χ1n) is 8.44. The lowest BCUT2D eigenvalue weighted by Crippen LogP contribution is -2.21. The van der Waals surface area contributed by atoms with Gasteiger partial charge in [0.05, 0.1) is 12.0 Å². The number of fused-ring (bicyclic) bond motifs is 1. The molecule has 2 aromatic rings. The van der Waals surface area contributed by atoms with Gasteiger partial charge in [0.25, 0.3) is 5.91 Å². The SMILES string of the molecule is COc1cc(OCC(=O)Nc2cccc3c2CCCC3)ccc1[N+](=O)[O-]. The molecule has 1 amide bonds. The highest BCUT2D eigenvalue weighted by molar-refractivity contribution is 5.92. The zero-order valence-corrected chi connectivity index (χ0v) is 14.5. The molecular weight excluding hydrogens is 336 g/mol. The molecule has 0 atom stereocenters. The zero-order chi connectivity index (χ0) is 18.5. The van der Waals surface area contributed by atoms with Gasteiger partial charge >= 0.3 is 5.69 Å². The Morgan fingerprint density at radius 3 is 2.81 bits per heavy atom. The summed E-state index contributed by atoms with van der Waals surface area (Å²) in [5, 5.41) is 13.8. The number of carbonyl (C=O) groups is 1. The molecule has 0 saturated heterocycles. The van der Waals surface area contributed by atoms with Gasteiger partial charge < -0.3 is 14.8 Å². The van der Waals surface area contributed by atoms with Crippen LogP contribution in [0.2, 0.25) is 0 Å². The molecule has 2 aromatic carbocycles. The van der Waals surface area contributed by atoms with Crippen LogP contribution in [0.1, 0.15) is 24.0 Å². The van der Waals surface area contributed by atoms with E-state index in [1.54, 1.807) is 0 Å². The van der Waals surface area contributed by atoms with Crippen molar-refractivity contribution in [3.63, 3.8) is 0 Å². The maximum absolute atomic E-state index is 12.2. The molecule has 0 heterocycles. The minimum absolute atomic E-state index is 0.0880. The number of nitrogens with one attached hydrogen (secondary N) is 1. The summed E-state index contributed by atoms with van der Waals surface area (Å²) < 4.78 is 10.4. The number of hydrogen-bond acceptors (Lipinski definition) is 5. The molecule has 0 radical (unpaired) electrons. The fourth-order valence-corrected chi connectivity index (χ4v) is 3.13. The summed E-state index contributed by atoms with van der Waals surface area (Å²) in [6.07, 6.45) is 4.30. The van der Waals surface area contributed by atoms with Gasteiger partial charge in [0.2, 0.25) is 5.75 Å². The summed E-state index contributed by atoms with van der Waals surface area (Å²) in [6.45, 7) is -0.190. The third kappa shape index (κ3) is 3.93. The summed E-state index contributed by atoms with van der Waals surface area (Å²) in [7, 11) is 1.34. The van der Waals surface area contributed by atoms with Crippen LogP contribution < -0.4 is 14.8 Å². The molecule has 3 rings (SSSR count). The monoisotopic (exact) mass is 356 g/mol. The Balaban J connectivity index is 1.64. The molecule has 7 heteroatoms. The van der Waals surface area contributed by atoms with Crippen LogP contribution in [-0.4, -0.2) is 24.5 Å². The van der Waals surface area contributed by atoms with Crippen LogP contribution in [-0.2, 0) is 17.6 Å². The van der Waals surface area contributed by atoms with Gasteiger partial charge in [-0.3, -0.25) is 14.9 Å². The maximum Gasteiger partial charge on any atom is 0.311 e. The second-order valence-corrected chi connectivity index (χ2v) is 6.08. The third-order valence-corrected chi connectivity index (χ3v) is 4.39. The minimum atomic E-state index is -0.534. The molecule has 1 aliphatic rings. The molecule has 26 heavy (non-hydrogen) atoms. The third-order valence-electron chi connectivity index (χ3n) is 4.39. The van der Waals surface area contributed by atoms with Gasteiger partial charge in [-0.1, -0.05) is 12.1 Å². The number of carbonyl (C=O) groups excluding carboxylic acids is 1. The smallest absolute Gasteiger partial charge is 0.311 e. The van der Waals surface area contributed by atoms with Crippen molar-refractivity contribution in [3.05, 3.63) is 57.6 Å². The van der Waals surface area contributed by atoms with Crippen LogP contribution in [0, 0.1) is 10.1 Å². The number of aryl methyl sites for hydroxylation is 1. The molecule has 0 aromatic heterocycles. The second-order valence-electron chi connectivity index (χ2n) is 6.08. The van der Waals surface area contributed by atoms with E-state index in [9.17, 15) is 14.9 Å². The van der Waals surface area contributed by atoms with Gasteiger partial charge in [0.15, 0.2) is 6.61 Å². The molecule has 1 aliphatic carbocycles. The lowest BCUT2D eigenvalue weighted by molar-refractivity contribution is -0.385. The Morgan fingerprint density at radius 2 is 2.04 bits per heavy atom. The second kappa shape index (κ2) is 7.86. The fraction of sp³-hybridized carbons (Fsp3) is 0.316. The van der Waals surface area contributed by atoms with Crippen molar-refractivity contribution >= 4 is 17.3 Å². The summed E-state index contributed by atoms with van der Waals surface area (Å²) >= 11 is 0. The van der Waals surface area contributed by atoms with E-state index in [2.05, 4.69) is 11.4 Å². The minimum Gasteiger partial charge on any atom is -0.490 e. The van der Waals surface area contributed by atoms with E-state index in [-0.39, 0.29) is 24.0 Å². The van der Waals surface area contributed by atoms with E-state index in [1.807, 2.05) is 12.1 Å². The van der Waals surface area contributed by atoms with E-state index < -0.39 is 4.92 Å². The van der Waals surface area contributed by atoms with E-state index in [1.165, 1.54) is 42.9 Å². The Bertz CT molecular complexity index is 835. The molecule has 0 spiro atoms. The number of ether oxygens (including phenoxy) is 2. The highest BCUT2D eigenvalue weighted by Gasteiger charge is 2.17. The first-order valence-corrected chi connectivity index (χ1v) is 8.44. The quantitative estimate of drug-likeness (QED) is 0.632. The van der Waals surface area contributed by atoms with Gasteiger partial charge in [0.1, 0.15) is 5.75 Å². The van der Waals surface area contributed by atoms with Crippen molar-refractivity contribution in [1.29, 1.82) is 0 Å². The largest absolute Gasteiger partial charge is 0.490 e. The highest BCUT2D eigenvalue weighted by Crippen LogP contribution is 2.31. The molecule has 0 saturated carbocycles. The van der Waals surface area contributed by atoms with Crippen molar-refractivity contribution in [2.45, 2.75) is 25.7 Å². The lowest BCUT2D eigenvalue weighted by atomic mass is 9.90. The first kappa shape index (κ1) is 17.7. The van der Waals surface area contributed by atoms with Crippen molar-refractivity contribution in [3.8, 4) is 11.5 Å². The standard InChI is InChI=1S/C19H20N2O5/c1-25-18-11-14(9-10-17(18)21(23)24)26-12-19(22)20-16-8-4-6-13-5-2-3-7-15(13)16/h4,6,8-11H,2-3,5,7,12H2,1H3,(H,20,22). The van der Waals surface area contributed by atoms with Crippen LogP contribution in [0.5, 0.6) is 11.5 Å². The fourth-order valence-electron chi connectivity index (χ4n) is 3.13. The van der Waals surface area contributed by atoms with E-state index in [0.29, 0.717) is 5.75 Å². The number of nitro groups is 1. The topological polar surface area (TPSA) is 90.7 Å². The molecular formula is C19H20N2O5. The first-order chi connectivity index (χ1) is 12.6. The van der Waals surface area contributed by atoms with Crippen molar-refractivity contribution in [2.75, 3.05) is 19.0 Å². The number of nitro benzene ring substituents is 1. The average molecular weight is 356 g/mol. The lowest BCUT2D eigenvalue weighted by Gasteiger charge is -2.19. The molecule has 136 valence electrons. The van der Waals surface area contributed by atoms with Gasteiger partial charge in [-0.2, -0.15) is 0 Å². The molecule has 0 fully saturated rings. The summed E-state index contributed by atoms with van der Waals surface area (Å²) in [6, 6.07) is 10.1. The predicted octanol–water partition coefficient (Wildman–Crippen LogP) is 3.50. The number of benzene rings is 2. The predicted molar refractivity (Wildman–Crippen MR) is 96.9 cm³/mol. The molecule has 1 N–H and O–H groups in total. The van der Waals surface area contributed by atoms with Gasteiger partial charge in [-0.15, -0.1) is 0 Å². The highest BCUT2D eigenvalue weighted by atomic mass is 16.6. The Labute approximate surface area is 151 Å². The summed E-state index contributed by atoms with van der Waals surface area (Å²) in [4.78, 5) is 22.6. The molecule has 0 unspecified atom stereocenters. The van der Waals surface area contributed by atoms with E-state index in [0.717, 1.165) is 24.9 Å². The summed E-state index contributed by atoms with van der Waals surface area (Å²) in [5.74, 6) is 0.143. The average Bonchev–Trinajstić information content (AvgIpc) is 2.66. The Kier molecular flexibility index (Phi) is 5.36. The van der Waals surface area contributed by atoms with E-state index >= 15 is 0 Å². The van der Waals surface area contributed by atoms with Crippen LogP contribution in [0.15, 0.2) is 36.4 Å². The van der Waals surface area contributed by atoms with Crippen LogP contribution in [0.25, 0.3) is 0 Å². The molecule has 0 aliphatic heterocycles.